The molecule has 0 saturated carbocycles. The summed E-state index contributed by atoms with van der Waals surface area (Å²) < 4.78 is 0. The molecule has 6 aromatic rings. The van der Waals surface area contributed by atoms with Crippen molar-refractivity contribution in [1.82, 2.24) is 4.98 Å². The van der Waals surface area contributed by atoms with Gasteiger partial charge in [-0.15, -0.1) is 0 Å². The van der Waals surface area contributed by atoms with E-state index in [2.05, 4.69) is 119 Å². The first-order valence-corrected chi connectivity index (χ1v) is 14.6. The molecule has 40 heavy (non-hydrogen) atoms. The van der Waals surface area contributed by atoms with Crippen LogP contribution in [0.2, 0.25) is 0 Å². The number of rotatable bonds is 6. The molecule has 0 aliphatic carbocycles. The van der Waals surface area contributed by atoms with Crippen molar-refractivity contribution in [3.8, 4) is 22.3 Å². The lowest BCUT2D eigenvalue weighted by Crippen LogP contribution is -2.20. The molecular formula is C36H28N3P. The average Bonchev–Trinajstić information content (AvgIpc) is 3.03. The molecule has 0 amide bonds. The third-order valence-corrected chi connectivity index (χ3v) is 9.18. The summed E-state index contributed by atoms with van der Waals surface area (Å²) in [7, 11) is -0.668. The SMILES string of the molecule is N=C(/N=c1/ccc(-c2ccccc2)c[nH]1)c1ccc(-c2cccc(P(c3ccccc3)c3ccccc3)c2)cc1. The van der Waals surface area contributed by atoms with Gasteiger partial charge >= 0.3 is 0 Å². The third kappa shape index (κ3) is 5.76. The zero-order valence-electron chi connectivity index (χ0n) is 21.9. The van der Waals surface area contributed by atoms with Crippen LogP contribution < -0.4 is 21.4 Å². The molecule has 3 nitrogen and oxygen atoms in total. The van der Waals surface area contributed by atoms with Crippen molar-refractivity contribution < 1.29 is 0 Å². The molecule has 4 heteroatoms. The zero-order valence-corrected chi connectivity index (χ0v) is 22.8. The molecule has 0 fully saturated rings. The van der Waals surface area contributed by atoms with Gasteiger partial charge in [0.15, 0.2) is 5.84 Å². The molecule has 0 unspecified atom stereocenters. The van der Waals surface area contributed by atoms with Crippen LogP contribution in [0.3, 0.4) is 0 Å². The van der Waals surface area contributed by atoms with E-state index in [0.29, 0.717) is 5.49 Å². The minimum absolute atomic E-state index is 0.223. The molecule has 0 bridgehead atoms. The summed E-state index contributed by atoms with van der Waals surface area (Å²) in [6.07, 6.45) is 1.93. The molecule has 1 aromatic heterocycles. The second kappa shape index (κ2) is 11.9. The third-order valence-electron chi connectivity index (χ3n) is 6.76. The van der Waals surface area contributed by atoms with Crippen molar-refractivity contribution in [3.05, 3.63) is 169 Å². The lowest BCUT2D eigenvalue weighted by atomic mass is 10.0. The lowest BCUT2D eigenvalue weighted by molar-refractivity contribution is 1.16. The van der Waals surface area contributed by atoms with Crippen molar-refractivity contribution >= 4 is 29.7 Å². The maximum atomic E-state index is 8.56. The number of hydrogen-bond acceptors (Lipinski definition) is 1. The Morgan fingerprint density at radius 3 is 1.62 bits per heavy atom. The number of amidine groups is 1. The van der Waals surface area contributed by atoms with E-state index in [9.17, 15) is 0 Å². The molecule has 1 heterocycles. The first-order chi connectivity index (χ1) is 19.7. The smallest absolute Gasteiger partial charge is 0.154 e. The van der Waals surface area contributed by atoms with Crippen LogP contribution in [0.15, 0.2) is 163 Å². The summed E-state index contributed by atoms with van der Waals surface area (Å²) in [4.78, 5) is 7.71. The summed E-state index contributed by atoms with van der Waals surface area (Å²) in [5, 5.41) is 12.5. The molecule has 0 radical (unpaired) electrons. The van der Waals surface area contributed by atoms with Gasteiger partial charge in [0.2, 0.25) is 0 Å². The van der Waals surface area contributed by atoms with Gasteiger partial charge in [0.1, 0.15) is 5.49 Å². The van der Waals surface area contributed by atoms with E-state index in [1.165, 1.54) is 15.9 Å². The molecule has 2 N–H and O–H groups in total. The van der Waals surface area contributed by atoms with Gasteiger partial charge in [-0.25, -0.2) is 4.99 Å². The molecule has 0 atom stereocenters. The first kappa shape index (κ1) is 25.4. The van der Waals surface area contributed by atoms with Crippen LogP contribution in [-0.4, -0.2) is 10.8 Å². The minimum Gasteiger partial charge on any atom is -0.346 e. The number of pyridine rings is 1. The van der Waals surface area contributed by atoms with Gasteiger partial charge in [-0.3, -0.25) is 5.41 Å². The van der Waals surface area contributed by atoms with E-state index in [4.69, 9.17) is 5.41 Å². The van der Waals surface area contributed by atoms with E-state index in [0.717, 1.165) is 27.8 Å². The Bertz CT molecular complexity index is 1730. The topological polar surface area (TPSA) is 52.0 Å². The molecule has 6 rings (SSSR count). The Morgan fingerprint density at radius 2 is 1.02 bits per heavy atom. The fourth-order valence-corrected chi connectivity index (χ4v) is 7.07. The van der Waals surface area contributed by atoms with E-state index >= 15 is 0 Å². The first-order valence-electron chi connectivity index (χ1n) is 13.2. The molecule has 5 aromatic carbocycles. The molecule has 192 valence electrons. The van der Waals surface area contributed by atoms with E-state index in [1.807, 2.05) is 48.7 Å². The summed E-state index contributed by atoms with van der Waals surface area (Å²) in [5.41, 5.74) is 5.93. The van der Waals surface area contributed by atoms with Gasteiger partial charge in [0, 0.05) is 11.8 Å². The number of benzene rings is 5. The largest absolute Gasteiger partial charge is 0.346 e. The van der Waals surface area contributed by atoms with Crippen LogP contribution in [-0.2, 0) is 0 Å². The maximum absolute atomic E-state index is 8.56. The zero-order chi connectivity index (χ0) is 27.1. The summed E-state index contributed by atoms with van der Waals surface area (Å²) >= 11 is 0. The van der Waals surface area contributed by atoms with Crippen LogP contribution in [0, 0.1) is 5.41 Å². The van der Waals surface area contributed by atoms with Crippen LogP contribution in [0.4, 0.5) is 0 Å². The summed E-state index contributed by atoms with van der Waals surface area (Å²) in [5.74, 6) is 0.223. The number of nitrogens with one attached hydrogen (secondary N) is 2. The van der Waals surface area contributed by atoms with Gasteiger partial charge in [-0.2, -0.15) is 0 Å². The second-order valence-electron chi connectivity index (χ2n) is 9.42. The Kier molecular flexibility index (Phi) is 7.57. The second-order valence-corrected chi connectivity index (χ2v) is 11.6. The van der Waals surface area contributed by atoms with Gasteiger partial charge in [-0.05, 0) is 64.3 Å². The van der Waals surface area contributed by atoms with Crippen LogP contribution >= 0.6 is 7.92 Å². The highest BCUT2D eigenvalue weighted by Gasteiger charge is 2.16. The van der Waals surface area contributed by atoms with Crippen molar-refractivity contribution in [2.24, 2.45) is 4.99 Å². The van der Waals surface area contributed by atoms with Crippen molar-refractivity contribution in [2.45, 2.75) is 0 Å². The quantitative estimate of drug-likeness (QED) is 0.131. The number of aromatic amines is 1. The summed E-state index contributed by atoms with van der Waals surface area (Å²) in [6, 6.07) is 52.6. The van der Waals surface area contributed by atoms with Crippen LogP contribution in [0.5, 0.6) is 0 Å². The van der Waals surface area contributed by atoms with E-state index in [1.54, 1.807) is 0 Å². The Morgan fingerprint density at radius 1 is 0.500 bits per heavy atom. The normalized spacial score (nSPS) is 11.5. The Hall–Kier alpha value is -4.85. The maximum Gasteiger partial charge on any atom is 0.154 e. The number of hydrogen-bond donors (Lipinski definition) is 2. The van der Waals surface area contributed by atoms with Gasteiger partial charge < -0.3 is 4.98 Å². The fourth-order valence-electron chi connectivity index (χ4n) is 4.73. The summed E-state index contributed by atoms with van der Waals surface area (Å²) in [6.45, 7) is 0. The Balaban J connectivity index is 1.25. The minimum atomic E-state index is -0.668. The van der Waals surface area contributed by atoms with Gasteiger partial charge in [0.05, 0.1) is 0 Å². The average molecular weight is 534 g/mol. The van der Waals surface area contributed by atoms with Crippen LogP contribution in [0.25, 0.3) is 22.3 Å². The Labute approximate surface area is 235 Å². The molecule has 0 spiro atoms. The fraction of sp³-hybridized carbons (Fsp3) is 0. The molecule has 0 aliphatic heterocycles. The van der Waals surface area contributed by atoms with Crippen molar-refractivity contribution in [2.75, 3.05) is 0 Å². The highest BCUT2D eigenvalue weighted by Crippen LogP contribution is 2.34. The lowest BCUT2D eigenvalue weighted by Gasteiger charge is -2.20. The predicted molar refractivity (Wildman–Crippen MR) is 169 cm³/mol. The monoisotopic (exact) mass is 533 g/mol. The standard InChI is InChI=1S/C36H28N3P/c37-36(39-35-24-23-31(26-38-35)27-11-4-1-5-12-27)29-21-19-28(20-22-29)30-13-10-18-34(25-30)40(32-14-6-2-7-15-32)33-16-8-3-9-17-33/h1-26H,(H2,37,38,39). The number of H-pyrrole nitrogens is 1. The number of aromatic nitrogens is 1. The molecule has 0 aliphatic rings. The molecular weight excluding hydrogens is 505 g/mol. The van der Waals surface area contributed by atoms with E-state index < -0.39 is 7.92 Å². The van der Waals surface area contributed by atoms with Crippen LogP contribution in [0.1, 0.15) is 5.56 Å². The number of nitrogens with zero attached hydrogens (tertiary/aromatic N) is 1. The van der Waals surface area contributed by atoms with Crippen molar-refractivity contribution in [1.29, 1.82) is 5.41 Å². The van der Waals surface area contributed by atoms with Gasteiger partial charge in [0.25, 0.3) is 0 Å². The highest BCUT2D eigenvalue weighted by atomic mass is 31.1. The highest BCUT2D eigenvalue weighted by molar-refractivity contribution is 7.79. The molecule has 0 saturated heterocycles. The predicted octanol–water partition coefficient (Wildman–Crippen LogP) is 7.03. The van der Waals surface area contributed by atoms with Crippen molar-refractivity contribution in [3.63, 3.8) is 0 Å². The van der Waals surface area contributed by atoms with Gasteiger partial charge in [-0.1, -0.05) is 133 Å². The van der Waals surface area contributed by atoms with E-state index in [-0.39, 0.29) is 5.84 Å².